The first-order valence-corrected chi connectivity index (χ1v) is 7.83. The van der Waals surface area contributed by atoms with Crippen molar-refractivity contribution in [1.82, 2.24) is 10.2 Å². The fourth-order valence-electron chi connectivity index (χ4n) is 3.81. The first kappa shape index (κ1) is 13.6. The normalized spacial score (nSPS) is 22.6. The van der Waals surface area contributed by atoms with Crippen molar-refractivity contribution >= 4 is 0 Å². The molecule has 0 spiro atoms. The highest BCUT2D eigenvalue weighted by molar-refractivity contribution is 5.34. The van der Waals surface area contributed by atoms with Gasteiger partial charge in [-0.05, 0) is 36.5 Å². The zero-order chi connectivity index (χ0) is 13.8. The molecule has 1 aliphatic heterocycles. The van der Waals surface area contributed by atoms with Crippen molar-refractivity contribution in [1.29, 1.82) is 5.26 Å². The topological polar surface area (TPSA) is 39.1 Å². The van der Waals surface area contributed by atoms with Crippen LogP contribution in [0.5, 0.6) is 0 Å². The second-order valence-corrected chi connectivity index (χ2v) is 6.01. The Hall–Kier alpha value is -1.37. The quantitative estimate of drug-likeness (QED) is 0.917. The van der Waals surface area contributed by atoms with Gasteiger partial charge in [0.25, 0.3) is 0 Å². The van der Waals surface area contributed by atoms with Crippen LogP contribution in [-0.2, 0) is 0 Å². The molecule has 1 atom stereocenters. The number of rotatable bonds is 3. The number of nitriles is 1. The zero-order valence-corrected chi connectivity index (χ0v) is 12.0. The lowest BCUT2D eigenvalue weighted by Crippen LogP contribution is -2.46. The van der Waals surface area contributed by atoms with Gasteiger partial charge in [-0.1, -0.05) is 25.0 Å². The summed E-state index contributed by atoms with van der Waals surface area (Å²) < 4.78 is 0. The number of nitrogens with zero attached hydrogens (tertiary/aromatic N) is 2. The van der Waals surface area contributed by atoms with Gasteiger partial charge in [0, 0.05) is 32.2 Å². The molecule has 2 aliphatic rings. The van der Waals surface area contributed by atoms with Gasteiger partial charge in [-0.15, -0.1) is 0 Å². The minimum absolute atomic E-state index is 0.507. The van der Waals surface area contributed by atoms with E-state index in [-0.39, 0.29) is 0 Å². The second kappa shape index (κ2) is 6.39. The molecule has 3 heteroatoms. The van der Waals surface area contributed by atoms with E-state index in [0.717, 1.165) is 37.7 Å². The van der Waals surface area contributed by atoms with E-state index in [0.29, 0.717) is 6.04 Å². The highest BCUT2D eigenvalue weighted by Crippen LogP contribution is 2.39. The van der Waals surface area contributed by atoms with E-state index in [4.69, 9.17) is 5.26 Å². The van der Waals surface area contributed by atoms with Crippen molar-refractivity contribution in [3.63, 3.8) is 0 Å². The molecule has 0 unspecified atom stereocenters. The van der Waals surface area contributed by atoms with E-state index in [1.165, 1.54) is 31.2 Å². The highest BCUT2D eigenvalue weighted by atomic mass is 15.2. The van der Waals surface area contributed by atoms with Gasteiger partial charge in [-0.25, -0.2) is 0 Å². The van der Waals surface area contributed by atoms with E-state index >= 15 is 0 Å². The van der Waals surface area contributed by atoms with Gasteiger partial charge in [0.2, 0.25) is 0 Å². The van der Waals surface area contributed by atoms with E-state index in [1.807, 2.05) is 12.1 Å². The minimum Gasteiger partial charge on any atom is -0.314 e. The van der Waals surface area contributed by atoms with E-state index in [2.05, 4.69) is 28.4 Å². The van der Waals surface area contributed by atoms with Crippen LogP contribution < -0.4 is 5.32 Å². The summed E-state index contributed by atoms with van der Waals surface area (Å²) in [5.74, 6) is 0.766. The lowest BCUT2D eigenvalue weighted by molar-refractivity contribution is 0.125. The Kier molecular flexibility index (Phi) is 4.34. The predicted octanol–water partition coefficient (Wildman–Crippen LogP) is 2.69. The third-order valence-corrected chi connectivity index (χ3v) is 4.75. The van der Waals surface area contributed by atoms with Gasteiger partial charge in [0.05, 0.1) is 11.6 Å². The maximum absolute atomic E-state index is 9.15. The number of hydrogen-bond donors (Lipinski definition) is 1. The van der Waals surface area contributed by atoms with Crippen LogP contribution in [-0.4, -0.2) is 31.1 Å². The fourth-order valence-corrected chi connectivity index (χ4v) is 3.81. The van der Waals surface area contributed by atoms with Crippen LogP contribution in [0.2, 0.25) is 0 Å². The van der Waals surface area contributed by atoms with Crippen molar-refractivity contribution in [2.45, 2.75) is 31.7 Å². The Morgan fingerprint density at radius 2 is 1.95 bits per heavy atom. The molecule has 1 aromatic carbocycles. The van der Waals surface area contributed by atoms with Gasteiger partial charge in [0.15, 0.2) is 0 Å². The standard InChI is InChI=1S/C17H23N3/c18-13-14-4-3-7-16(12-14)17(15-5-1-2-6-15)20-10-8-19-9-11-20/h3-4,7,12,15,17,19H,1-2,5-6,8-11H2/t17-/m1/s1. The predicted molar refractivity (Wildman–Crippen MR) is 80.3 cm³/mol. The summed E-state index contributed by atoms with van der Waals surface area (Å²) >= 11 is 0. The number of nitrogens with one attached hydrogen (secondary N) is 1. The molecular weight excluding hydrogens is 246 g/mol. The van der Waals surface area contributed by atoms with Gasteiger partial charge < -0.3 is 5.32 Å². The molecule has 1 heterocycles. The molecule has 3 nitrogen and oxygen atoms in total. The molecule has 0 radical (unpaired) electrons. The van der Waals surface area contributed by atoms with Crippen LogP contribution in [0.1, 0.15) is 42.9 Å². The first-order chi connectivity index (χ1) is 9.88. The van der Waals surface area contributed by atoms with Crippen LogP contribution >= 0.6 is 0 Å². The van der Waals surface area contributed by atoms with Gasteiger partial charge in [0.1, 0.15) is 0 Å². The zero-order valence-electron chi connectivity index (χ0n) is 12.0. The van der Waals surface area contributed by atoms with Crippen LogP contribution in [0.4, 0.5) is 0 Å². The fraction of sp³-hybridized carbons (Fsp3) is 0.588. The molecule has 1 aromatic rings. The summed E-state index contributed by atoms with van der Waals surface area (Å²) in [6.07, 6.45) is 5.41. The van der Waals surface area contributed by atoms with E-state index in [1.54, 1.807) is 0 Å². The van der Waals surface area contributed by atoms with Crippen molar-refractivity contribution in [3.05, 3.63) is 35.4 Å². The summed E-state index contributed by atoms with van der Waals surface area (Å²) in [4.78, 5) is 2.63. The molecule has 20 heavy (non-hydrogen) atoms. The number of benzene rings is 1. The average Bonchev–Trinajstić information content (AvgIpc) is 3.03. The molecule has 1 aliphatic carbocycles. The summed E-state index contributed by atoms with van der Waals surface area (Å²) in [7, 11) is 0. The molecule has 106 valence electrons. The Bertz CT molecular complexity index is 479. The molecular formula is C17H23N3. The summed E-state index contributed by atoms with van der Waals surface area (Å²) in [5.41, 5.74) is 2.14. The molecule has 0 aromatic heterocycles. The molecule has 0 bridgehead atoms. The Morgan fingerprint density at radius 1 is 1.20 bits per heavy atom. The van der Waals surface area contributed by atoms with Crippen LogP contribution in [0.25, 0.3) is 0 Å². The monoisotopic (exact) mass is 269 g/mol. The van der Waals surface area contributed by atoms with Gasteiger partial charge in [-0.3, -0.25) is 4.90 Å². The average molecular weight is 269 g/mol. The maximum Gasteiger partial charge on any atom is 0.0991 e. The maximum atomic E-state index is 9.15. The summed E-state index contributed by atoms with van der Waals surface area (Å²) in [5, 5.41) is 12.6. The van der Waals surface area contributed by atoms with E-state index < -0.39 is 0 Å². The van der Waals surface area contributed by atoms with Crippen LogP contribution in [0, 0.1) is 17.2 Å². The first-order valence-electron chi connectivity index (χ1n) is 7.83. The highest BCUT2D eigenvalue weighted by Gasteiger charge is 2.31. The Balaban J connectivity index is 1.88. The van der Waals surface area contributed by atoms with Crippen molar-refractivity contribution < 1.29 is 0 Å². The number of hydrogen-bond acceptors (Lipinski definition) is 3. The van der Waals surface area contributed by atoms with Crippen LogP contribution in [0.15, 0.2) is 24.3 Å². The molecule has 1 saturated carbocycles. The summed E-state index contributed by atoms with van der Waals surface area (Å²) in [6, 6.07) is 11.1. The van der Waals surface area contributed by atoms with Crippen molar-refractivity contribution in [3.8, 4) is 6.07 Å². The second-order valence-electron chi connectivity index (χ2n) is 6.01. The third kappa shape index (κ3) is 2.87. The molecule has 1 N–H and O–H groups in total. The minimum atomic E-state index is 0.507. The smallest absolute Gasteiger partial charge is 0.0991 e. The summed E-state index contributed by atoms with van der Waals surface area (Å²) in [6.45, 7) is 4.41. The lowest BCUT2D eigenvalue weighted by atomic mass is 9.89. The largest absolute Gasteiger partial charge is 0.314 e. The number of piperazine rings is 1. The molecule has 0 amide bonds. The van der Waals surface area contributed by atoms with Crippen molar-refractivity contribution in [2.24, 2.45) is 5.92 Å². The van der Waals surface area contributed by atoms with Crippen LogP contribution in [0.3, 0.4) is 0 Å². The lowest BCUT2D eigenvalue weighted by Gasteiger charge is -2.38. The molecule has 1 saturated heterocycles. The van der Waals surface area contributed by atoms with Gasteiger partial charge >= 0.3 is 0 Å². The molecule has 3 rings (SSSR count). The Labute approximate surface area is 121 Å². The Morgan fingerprint density at radius 3 is 2.65 bits per heavy atom. The molecule has 2 fully saturated rings. The van der Waals surface area contributed by atoms with Gasteiger partial charge in [-0.2, -0.15) is 5.26 Å². The van der Waals surface area contributed by atoms with Crippen molar-refractivity contribution in [2.75, 3.05) is 26.2 Å². The van der Waals surface area contributed by atoms with E-state index in [9.17, 15) is 0 Å². The SMILES string of the molecule is N#Cc1cccc([C@@H](C2CCCC2)N2CCNCC2)c1. The third-order valence-electron chi connectivity index (χ3n) is 4.75.